The standard InChI is InChI=1S/C16H21N3OS/c1-12-2-3-15-13(10-12)11-17-19(15)7-4-16(20)18-14-5-8-21-9-6-14/h2-3,10-11,14H,4-9H2,1H3,(H,18,20). The fourth-order valence-corrected chi connectivity index (χ4v) is 3.84. The van der Waals surface area contributed by atoms with Crippen LogP contribution < -0.4 is 5.32 Å². The number of carbonyl (C=O) groups excluding carboxylic acids is 1. The number of nitrogens with one attached hydrogen (secondary N) is 1. The molecule has 4 nitrogen and oxygen atoms in total. The second kappa shape index (κ2) is 6.52. The van der Waals surface area contributed by atoms with Crippen LogP contribution in [0.1, 0.15) is 24.8 Å². The summed E-state index contributed by atoms with van der Waals surface area (Å²) in [5.74, 6) is 2.46. The second-order valence-corrected chi connectivity index (χ2v) is 6.86. The van der Waals surface area contributed by atoms with E-state index in [9.17, 15) is 4.79 Å². The molecule has 2 aromatic rings. The van der Waals surface area contributed by atoms with Gasteiger partial charge in [-0.3, -0.25) is 9.48 Å². The van der Waals surface area contributed by atoms with E-state index in [-0.39, 0.29) is 5.91 Å². The van der Waals surface area contributed by atoms with Gasteiger partial charge in [0.1, 0.15) is 0 Å². The van der Waals surface area contributed by atoms with Crippen molar-refractivity contribution in [3.63, 3.8) is 0 Å². The van der Waals surface area contributed by atoms with Crippen molar-refractivity contribution in [1.82, 2.24) is 15.1 Å². The molecule has 2 heterocycles. The highest BCUT2D eigenvalue weighted by atomic mass is 32.2. The largest absolute Gasteiger partial charge is 0.353 e. The number of hydrogen-bond donors (Lipinski definition) is 1. The lowest BCUT2D eigenvalue weighted by molar-refractivity contribution is -0.122. The summed E-state index contributed by atoms with van der Waals surface area (Å²) in [5, 5.41) is 8.67. The lowest BCUT2D eigenvalue weighted by Gasteiger charge is -2.22. The Balaban J connectivity index is 1.57. The third-order valence-electron chi connectivity index (χ3n) is 3.93. The van der Waals surface area contributed by atoms with Crippen molar-refractivity contribution in [3.8, 4) is 0 Å². The van der Waals surface area contributed by atoms with Crippen LogP contribution in [0.4, 0.5) is 0 Å². The maximum atomic E-state index is 12.0. The van der Waals surface area contributed by atoms with Crippen LogP contribution in [0.2, 0.25) is 0 Å². The quantitative estimate of drug-likeness (QED) is 0.945. The van der Waals surface area contributed by atoms with Gasteiger partial charge in [0.25, 0.3) is 0 Å². The molecular formula is C16H21N3OS. The Kier molecular flexibility index (Phi) is 4.48. The summed E-state index contributed by atoms with van der Waals surface area (Å²) in [6.45, 7) is 2.71. The highest BCUT2D eigenvalue weighted by Gasteiger charge is 2.16. The number of rotatable bonds is 4. The zero-order valence-electron chi connectivity index (χ0n) is 12.3. The Morgan fingerprint density at radius 2 is 2.24 bits per heavy atom. The van der Waals surface area contributed by atoms with Crippen molar-refractivity contribution in [2.75, 3.05) is 11.5 Å². The first-order chi connectivity index (χ1) is 10.2. The number of hydrogen-bond acceptors (Lipinski definition) is 3. The minimum absolute atomic E-state index is 0.141. The van der Waals surface area contributed by atoms with Gasteiger partial charge in [0.05, 0.1) is 18.3 Å². The summed E-state index contributed by atoms with van der Waals surface area (Å²) in [5.41, 5.74) is 2.33. The average molecular weight is 303 g/mol. The van der Waals surface area contributed by atoms with E-state index in [0.29, 0.717) is 19.0 Å². The lowest BCUT2D eigenvalue weighted by atomic mass is 10.1. The Morgan fingerprint density at radius 1 is 1.43 bits per heavy atom. The topological polar surface area (TPSA) is 46.9 Å². The highest BCUT2D eigenvalue weighted by Crippen LogP contribution is 2.17. The van der Waals surface area contributed by atoms with Gasteiger partial charge in [-0.2, -0.15) is 16.9 Å². The van der Waals surface area contributed by atoms with Gasteiger partial charge in [-0.15, -0.1) is 0 Å². The second-order valence-electron chi connectivity index (χ2n) is 5.63. The van der Waals surface area contributed by atoms with Crippen LogP contribution in [0.3, 0.4) is 0 Å². The predicted molar refractivity (Wildman–Crippen MR) is 87.6 cm³/mol. The van der Waals surface area contributed by atoms with Crippen LogP contribution in [-0.2, 0) is 11.3 Å². The van der Waals surface area contributed by atoms with Gasteiger partial charge in [0.2, 0.25) is 5.91 Å². The number of aromatic nitrogens is 2. The van der Waals surface area contributed by atoms with Crippen LogP contribution in [0.5, 0.6) is 0 Å². The molecule has 1 saturated heterocycles. The maximum Gasteiger partial charge on any atom is 0.222 e. The van der Waals surface area contributed by atoms with E-state index < -0.39 is 0 Å². The number of thioether (sulfide) groups is 1. The van der Waals surface area contributed by atoms with Crippen molar-refractivity contribution in [1.29, 1.82) is 0 Å². The number of fused-ring (bicyclic) bond motifs is 1. The summed E-state index contributed by atoms with van der Waals surface area (Å²) in [7, 11) is 0. The van der Waals surface area contributed by atoms with E-state index in [0.717, 1.165) is 35.3 Å². The molecule has 1 aliphatic rings. The summed E-state index contributed by atoms with van der Waals surface area (Å²) in [6, 6.07) is 6.66. The summed E-state index contributed by atoms with van der Waals surface area (Å²) in [4.78, 5) is 12.0. The molecule has 112 valence electrons. The zero-order chi connectivity index (χ0) is 14.7. The fraction of sp³-hybridized carbons (Fsp3) is 0.500. The number of nitrogens with zero attached hydrogens (tertiary/aromatic N) is 2. The van der Waals surface area contributed by atoms with E-state index in [1.807, 2.05) is 22.6 Å². The van der Waals surface area contributed by atoms with Gasteiger partial charge in [0, 0.05) is 17.8 Å². The summed E-state index contributed by atoms with van der Waals surface area (Å²) < 4.78 is 1.92. The molecule has 0 spiro atoms. The number of benzene rings is 1. The molecular weight excluding hydrogens is 282 g/mol. The van der Waals surface area contributed by atoms with Crippen molar-refractivity contribution >= 4 is 28.6 Å². The molecule has 1 aromatic heterocycles. The van der Waals surface area contributed by atoms with Crippen molar-refractivity contribution in [2.24, 2.45) is 0 Å². The van der Waals surface area contributed by atoms with E-state index in [2.05, 4.69) is 35.5 Å². The van der Waals surface area contributed by atoms with E-state index in [1.54, 1.807) is 0 Å². The van der Waals surface area contributed by atoms with Gasteiger partial charge >= 0.3 is 0 Å². The first kappa shape index (κ1) is 14.4. The van der Waals surface area contributed by atoms with Crippen LogP contribution >= 0.6 is 11.8 Å². The molecule has 21 heavy (non-hydrogen) atoms. The fourth-order valence-electron chi connectivity index (χ4n) is 2.73. The van der Waals surface area contributed by atoms with Crippen LogP contribution in [0.15, 0.2) is 24.4 Å². The first-order valence-electron chi connectivity index (χ1n) is 7.51. The molecule has 3 rings (SSSR count). The van der Waals surface area contributed by atoms with E-state index >= 15 is 0 Å². The highest BCUT2D eigenvalue weighted by molar-refractivity contribution is 7.99. The molecule has 0 atom stereocenters. The van der Waals surface area contributed by atoms with Crippen LogP contribution in [0.25, 0.3) is 10.9 Å². The minimum atomic E-state index is 0.141. The van der Waals surface area contributed by atoms with Crippen LogP contribution in [-0.4, -0.2) is 33.2 Å². The summed E-state index contributed by atoms with van der Waals surface area (Å²) in [6.07, 6.45) is 4.56. The molecule has 0 aliphatic carbocycles. The number of aryl methyl sites for hydroxylation is 2. The zero-order valence-corrected chi connectivity index (χ0v) is 13.2. The molecule has 0 bridgehead atoms. The van der Waals surface area contributed by atoms with Crippen LogP contribution in [0, 0.1) is 6.92 Å². The molecule has 0 unspecified atom stereocenters. The Morgan fingerprint density at radius 3 is 3.05 bits per heavy atom. The average Bonchev–Trinajstić information content (AvgIpc) is 2.88. The third-order valence-corrected chi connectivity index (χ3v) is 4.98. The van der Waals surface area contributed by atoms with Gasteiger partial charge in [0.15, 0.2) is 0 Å². The van der Waals surface area contributed by atoms with Gasteiger partial charge in [-0.1, -0.05) is 11.6 Å². The lowest BCUT2D eigenvalue weighted by Crippen LogP contribution is -2.37. The molecule has 0 saturated carbocycles. The van der Waals surface area contributed by atoms with Crippen molar-refractivity contribution in [2.45, 2.75) is 38.8 Å². The van der Waals surface area contributed by atoms with Gasteiger partial charge < -0.3 is 5.32 Å². The monoisotopic (exact) mass is 303 g/mol. The predicted octanol–water partition coefficient (Wildman–Crippen LogP) is 2.75. The molecule has 1 N–H and O–H groups in total. The van der Waals surface area contributed by atoms with Crippen molar-refractivity contribution < 1.29 is 4.79 Å². The van der Waals surface area contributed by atoms with Crippen molar-refractivity contribution in [3.05, 3.63) is 30.0 Å². The molecule has 1 fully saturated rings. The van der Waals surface area contributed by atoms with Gasteiger partial charge in [-0.25, -0.2) is 0 Å². The SMILES string of the molecule is Cc1ccc2c(cnn2CCC(=O)NC2CCSCC2)c1. The Hall–Kier alpha value is -1.49. The molecule has 0 radical (unpaired) electrons. The smallest absolute Gasteiger partial charge is 0.222 e. The Bertz CT molecular complexity index is 631. The molecule has 1 aliphatic heterocycles. The summed E-state index contributed by atoms with van der Waals surface area (Å²) >= 11 is 1.97. The van der Waals surface area contributed by atoms with E-state index in [4.69, 9.17) is 0 Å². The molecule has 1 amide bonds. The first-order valence-corrected chi connectivity index (χ1v) is 8.67. The Labute approximate surface area is 129 Å². The minimum Gasteiger partial charge on any atom is -0.353 e. The molecule has 5 heteroatoms. The third kappa shape index (κ3) is 3.59. The molecule has 1 aromatic carbocycles. The normalized spacial score (nSPS) is 16.2. The number of amides is 1. The maximum absolute atomic E-state index is 12.0. The van der Waals surface area contributed by atoms with Gasteiger partial charge in [-0.05, 0) is 43.4 Å². The number of carbonyl (C=O) groups is 1. The van der Waals surface area contributed by atoms with E-state index in [1.165, 1.54) is 5.56 Å².